The largest absolute Gasteiger partial charge is 0.503 e. The quantitative estimate of drug-likeness (QED) is 0.691. The molecular formula is C17H28N2O4. The molecule has 130 valence electrons. The third-order valence-corrected chi connectivity index (χ3v) is 3.92. The Hall–Kier alpha value is -1.82. The van der Waals surface area contributed by atoms with E-state index in [2.05, 4.69) is 11.8 Å². The Bertz CT molecular complexity index is 568. The lowest BCUT2D eigenvalue weighted by molar-refractivity contribution is -0.141. The zero-order chi connectivity index (χ0) is 17.4. The summed E-state index contributed by atoms with van der Waals surface area (Å²) >= 11 is 0. The maximum absolute atomic E-state index is 11.8. The average Bonchev–Trinajstić information content (AvgIpc) is 2.49. The molecule has 0 aromatic carbocycles. The van der Waals surface area contributed by atoms with Gasteiger partial charge >= 0.3 is 5.97 Å². The predicted octanol–water partition coefficient (Wildman–Crippen LogP) is 2.60. The van der Waals surface area contributed by atoms with Crippen LogP contribution in [-0.2, 0) is 11.3 Å². The molecule has 1 aromatic rings. The number of carbonyl (C=O) groups is 1. The average molecular weight is 324 g/mol. The number of rotatable bonds is 10. The van der Waals surface area contributed by atoms with Crippen molar-refractivity contribution in [1.82, 2.24) is 9.47 Å². The summed E-state index contributed by atoms with van der Waals surface area (Å²) in [5.74, 6) is -1.35. The van der Waals surface area contributed by atoms with E-state index < -0.39 is 23.2 Å². The molecule has 0 radical (unpaired) electrons. The second-order valence-electron chi connectivity index (χ2n) is 6.01. The van der Waals surface area contributed by atoms with E-state index in [1.165, 1.54) is 16.8 Å². The molecule has 2 N–H and O–H groups in total. The van der Waals surface area contributed by atoms with Crippen molar-refractivity contribution in [2.45, 2.75) is 58.5 Å². The number of aliphatic carboxylic acids is 1. The topological polar surface area (TPSA) is 82.8 Å². The third-order valence-electron chi connectivity index (χ3n) is 3.92. The molecule has 0 amide bonds. The first-order valence-corrected chi connectivity index (χ1v) is 8.26. The molecular weight excluding hydrogens is 296 g/mol. The van der Waals surface area contributed by atoms with E-state index in [0.29, 0.717) is 18.7 Å². The molecule has 1 heterocycles. The van der Waals surface area contributed by atoms with Crippen LogP contribution >= 0.6 is 0 Å². The minimum Gasteiger partial charge on any atom is -0.503 e. The van der Waals surface area contributed by atoms with Gasteiger partial charge in [0.2, 0.25) is 5.43 Å². The summed E-state index contributed by atoms with van der Waals surface area (Å²) in [5.41, 5.74) is 0.148. The lowest BCUT2D eigenvalue weighted by Gasteiger charge is -2.24. The lowest BCUT2D eigenvalue weighted by Crippen LogP contribution is -2.28. The zero-order valence-electron chi connectivity index (χ0n) is 14.3. The van der Waals surface area contributed by atoms with Gasteiger partial charge in [-0.15, -0.1) is 0 Å². The molecule has 0 saturated carbocycles. The Kier molecular flexibility index (Phi) is 7.81. The second-order valence-corrected chi connectivity index (χ2v) is 6.01. The van der Waals surface area contributed by atoms with Crippen LogP contribution in [0.4, 0.5) is 0 Å². The van der Waals surface area contributed by atoms with Crippen molar-refractivity contribution in [3.8, 4) is 5.75 Å². The summed E-state index contributed by atoms with van der Waals surface area (Å²) in [6.07, 6.45) is 5.51. The smallest absolute Gasteiger partial charge is 0.326 e. The fourth-order valence-corrected chi connectivity index (χ4v) is 2.56. The van der Waals surface area contributed by atoms with Gasteiger partial charge in [0.15, 0.2) is 5.75 Å². The van der Waals surface area contributed by atoms with Crippen LogP contribution in [0.2, 0.25) is 0 Å². The number of aromatic nitrogens is 1. The van der Waals surface area contributed by atoms with Crippen LogP contribution < -0.4 is 5.43 Å². The minimum atomic E-state index is -0.945. The summed E-state index contributed by atoms with van der Waals surface area (Å²) < 4.78 is 1.54. The third kappa shape index (κ3) is 5.71. The molecule has 6 nitrogen and oxygen atoms in total. The highest BCUT2D eigenvalue weighted by Gasteiger charge is 2.22. The highest BCUT2D eigenvalue weighted by atomic mass is 16.4. The van der Waals surface area contributed by atoms with Crippen molar-refractivity contribution in [3.63, 3.8) is 0 Å². The van der Waals surface area contributed by atoms with Gasteiger partial charge in [0, 0.05) is 18.3 Å². The molecule has 0 aliphatic carbocycles. The molecule has 1 atom stereocenters. The Morgan fingerprint density at radius 1 is 1.30 bits per heavy atom. The number of nitrogens with zero attached hydrogens (tertiary/aromatic N) is 2. The number of hydrogen-bond donors (Lipinski definition) is 2. The van der Waals surface area contributed by atoms with Crippen LogP contribution in [0.3, 0.4) is 0 Å². The number of aromatic hydroxyl groups is 1. The molecule has 0 aliphatic rings. The van der Waals surface area contributed by atoms with Gasteiger partial charge in [-0.25, -0.2) is 4.79 Å². The fraction of sp³-hybridized carbons (Fsp3) is 0.647. The summed E-state index contributed by atoms with van der Waals surface area (Å²) in [5, 5.41) is 19.2. The van der Waals surface area contributed by atoms with Gasteiger partial charge in [-0.05, 0) is 26.4 Å². The van der Waals surface area contributed by atoms with Crippen LogP contribution in [0.5, 0.6) is 5.75 Å². The van der Waals surface area contributed by atoms with Gasteiger partial charge in [-0.3, -0.25) is 4.79 Å². The van der Waals surface area contributed by atoms with Gasteiger partial charge in [0.25, 0.3) is 0 Å². The maximum atomic E-state index is 11.8. The Morgan fingerprint density at radius 2 is 1.96 bits per heavy atom. The summed E-state index contributed by atoms with van der Waals surface area (Å²) in [6, 6.07) is 0.579. The molecule has 1 aromatic heterocycles. The number of carboxylic acids is 1. The summed E-state index contributed by atoms with van der Waals surface area (Å²) in [4.78, 5) is 25.4. The Morgan fingerprint density at radius 3 is 2.52 bits per heavy atom. The van der Waals surface area contributed by atoms with E-state index in [4.69, 9.17) is 0 Å². The van der Waals surface area contributed by atoms with Crippen molar-refractivity contribution >= 4 is 5.97 Å². The first kappa shape index (κ1) is 19.2. The summed E-state index contributed by atoms with van der Waals surface area (Å²) in [7, 11) is 1.94. The monoisotopic (exact) mass is 324 g/mol. The van der Waals surface area contributed by atoms with E-state index in [0.717, 1.165) is 32.2 Å². The highest BCUT2D eigenvalue weighted by molar-refractivity contribution is 5.72. The van der Waals surface area contributed by atoms with Crippen LogP contribution in [0.1, 0.15) is 57.7 Å². The van der Waals surface area contributed by atoms with Crippen molar-refractivity contribution in [1.29, 1.82) is 0 Å². The van der Waals surface area contributed by atoms with Crippen LogP contribution in [0.25, 0.3) is 0 Å². The fourth-order valence-electron chi connectivity index (χ4n) is 2.56. The predicted molar refractivity (Wildman–Crippen MR) is 89.8 cm³/mol. The molecule has 23 heavy (non-hydrogen) atoms. The first-order valence-electron chi connectivity index (χ1n) is 8.26. The van der Waals surface area contributed by atoms with Crippen molar-refractivity contribution in [2.75, 3.05) is 13.6 Å². The van der Waals surface area contributed by atoms with Crippen LogP contribution in [0.15, 0.2) is 17.1 Å². The molecule has 0 saturated heterocycles. The number of carboxylic acid groups (broad SMARTS) is 1. The van der Waals surface area contributed by atoms with E-state index in [9.17, 15) is 19.8 Å². The minimum absolute atomic E-state index is 0.410. The lowest BCUT2D eigenvalue weighted by atomic mass is 10.1. The van der Waals surface area contributed by atoms with Crippen molar-refractivity contribution < 1.29 is 15.0 Å². The zero-order valence-corrected chi connectivity index (χ0v) is 14.3. The van der Waals surface area contributed by atoms with Gasteiger partial charge in [0.1, 0.15) is 6.04 Å². The number of pyridine rings is 1. The second kappa shape index (κ2) is 9.35. The molecule has 0 aliphatic heterocycles. The highest BCUT2D eigenvalue weighted by Crippen LogP contribution is 2.20. The van der Waals surface area contributed by atoms with Crippen molar-refractivity contribution in [2.24, 2.45) is 0 Å². The molecule has 1 rings (SSSR count). The molecule has 0 bridgehead atoms. The Balaban J connectivity index is 3.14. The Labute approximate surface area is 137 Å². The van der Waals surface area contributed by atoms with E-state index >= 15 is 0 Å². The van der Waals surface area contributed by atoms with E-state index in [1.54, 1.807) is 0 Å². The SMILES string of the molecule is CCCCC(C(=O)O)n1cc(O)c(=O)cc1CN(C)CCCC. The normalized spacial score (nSPS) is 12.5. The molecule has 6 heteroatoms. The van der Waals surface area contributed by atoms with E-state index in [1.807, 2.05) is 14.0 Å². The van der Waals surface area contributed by atoms with Crippen LogP contribution in [-0.4, -0.2) is 39.2 Å². The van der Waals surface area contributed by atoms with Crippen molar-refractivity contribution in [3.05, 3.63) is 28.2 Å². The maximum Gasteiger partial charge on any atom is 0.326 e. The van der Waals surface area contributed by atoms with Gasteiger partial charge in [0.05, 0.1) is 6.20 Å². The number of hydrogen-bond acceptors (Lipinski definition) is 4. The van der Waals surface area contributed by atoms with Gasteiger partial charge < -0.3 is 19.7 Å². The summed E-state index contributed by atoms with van der Waals surface area (Å²) in [6.45, 7) is 5.46. The number of unbranched alkanes of at least 4 members (excludes halogenated alkanes) is 2. The molecule has 0 fully saturated rings. The molecule has 0 spiro atoms. The van der Waals surface area contributed by atoms with Crippen LogP contribution in [0, 0.1) is 0 Å². The van der Waals surface area contributed by atoms with E-state index in [-0.39, 0.29) is 0 Å². The van der Waals surface area contributed by atoms with Gasteiger partial charge in [-0.1, -0.05) is 33.1 Å². The van der Waals surface area contributed by atoms with Gasteiger partial charge in [-0.2, -0.15) is 0 Å². The first-order chi connectivity index (χ1) is 10.9. The standard InChI is InChI=1S/C17H28N2O4/c1-4-6-8-14(17(22)23)19-12-16(21)15(20)10-13(19)11-18(3)9-7-5-2/h10,12,14,21H,4-9,11H2,1-3H3,(H,22,23). The molecule has 1 unspecified atom stereocenters.